The topological polar surface area (TPSA) is 79.6 Å². The molecule has 0 unspecified atom stereocenters. The van der Waals surface area contributed by atoms with Crippen LogP contribution in [0.3, 0.4) is 0 Å². The molecule has 2 aromatic rings. The molecule has 8 heteroatoms. The van der Waals surface area contributed by atoms with E-state index in [9.17, 15) is 9.90 Å². The first-order valence-corrected chi connectivity index (χ1v) is 9.89. The normalized spacial score (nSPS) is 18.4. The molecule has 1 aromatic heterocycles. The van der Waals surface area contributed by atoms with E-state index in [1.54, 1.807) is 19.9 Å². The molecule has 1 saturated carbocycles. The largest absolute Gasteiger partial charge is 0.390 e. The van der Waals surface area contributed by atoms with Crippen LogP contribution in [-0.4, -0.2) is 52.5 Å². The molecule has 0 atom stereocenters. The summed E-state index contributed by atoms with van der Waals surface area (Å²) in [6.45, 7) is 5.62. The summed E-state index contributed by atoms with van der Waals surface area (Å²) in [6, 6.07) is 3.69. The molecule has 1 aromatic carbocycles. The van der Waals surface area contributed by atoms with Gasteiger partial charge in [0, 0.05) is 19.1 Å². The van der Waals surface area contributed by atoms with Gasteiger partial charge in [0.05, 0.1) is 36.4 Å². The summed E-state index contributed by atoms with van der Waals surface area (Å²) < 4.78 is 22.8. The number of hydrogen-bond donors (Lipinski definition) is 2. The van der Waals surface area contributed by atoms with Crippen LogP contribution in [0.25, 0.3) is 11.0 Å². The van der Waals surface area contributed by atoms with E-state index in [0.717, 1.165) is 19.3 Å². The lowest BCUT2D eigenvalue weighted by Gasteiger charge is -2.31. The zero-order valence-corrected chi connectivity index (χ0v) is 16.4. The van der Waals surface area contributed by atoms with Crippen LogP contribution in [-0.2, 0) is 9.53 Å². The first kappa shape index (κ1) is 19.1. The molecule has 28 heavy (non-hydrogen) atoms. The van der Waals surface area contributed by atoms with E-state index in [1.807, 2.05) is 15.5 Å². The third-order valence-corrected chi connectivity index (χ3v) is 5.41. The maximum Gasteiger partial charge on any atom is 0.229 e. The van der Waals surface area contributed by atoms with Crippen molar-refractivity contribution in [2.75, 3.05) is 36.5 Å². The second kappa shape index (κ2) is 7.33. The highest BCUT2D eigenvalue weighted by atomic mass is 19.1. The van der Waals surface area contributed by atoms with E-state index < -0.39 is 5.60 Å². The Morgan fingerprint density at radius 1 is 1.36 bits per heavy atom. The fourth-order valence-corrected chi connectivity index (χ4v) is 3.84. The highest BCUT2D eigenvalue weighted by Crippen LogP contribution is 2.39. The molecular formula is C20H27FN4O3. The number of benzene rings is 1. The quantitative estimate of drug-likeness (QED) is 0.821. The zero-order valence-electron chi connectivity index (χ0n) is 16.4. The minimum atomic E-state index is -1.12. The maximum absolute atomic E-state index is 15.6. The number of carbonyl (C=O) groups is 1. The Bertz CT molecular complexity index is 880. The van der Waals surface area contributed by atoms with Crippen LogP contribution in [0, 0.1) is 5.82 Å². The minimum Gasteiger partial charge on any atom is -0.390 e. The molecule has 0 spiro atoms. The van der Waals surface area contributed by atoms with Gasteiger partial charge in [0.25, 0.3) is 0 Å². The summed E-state index contributed by atoms with van der Waals surface area (Å²) in [5.74, 6) is -0.286. The summed E-state index contributed by atoms with van der Waals surface area (Å²) in [5, 5.41) is 12.7. The molecule has 0 bridgehead atoms. The third kappa shape index (κ3) is 3.71. The second-order valence-corrected chi connectivity index (χ2v) is 8.29. The Morgan fingerprint density at radius 3 is 2.68 bits per heavy atom. The molecule has 1 aliphatic heterocycles. The van der Waals surface area contributed by atoms with Gasteiger partial charge in [-0.2, -0.15) is 0 Å². The predicted octanol–water partition coefficient (Wildman–Crippen LogP) is 2.84. The molecule has 1 saturated heterocycles. The van der Waals surface area contributed by atoms with Crippen LogP contribution in [0.15, 0.2) is 12.1 Å². The Balaban J connectivity index is 1.73. The zero-order chi connectivity index (χ0) is 19.9. The van der Waals surface area contributed by atoms with Crippen LogP contribution < -0.4 is 10.2 Å². The number of halogens is 1. The van der Waals surface area contributed by atoms with Crippen molar-refractivity contribution >= 4 is 28.6 Å². The van der Waals surface area contributed by atoms with Crippen molar-refractivity contribution in [3.63, 3.8) is 0 Å². The van der Waals surface area contributed by atoms with Gasteiger partial charge in [-0.25, -0.2) is 9.37 Å². The number of aliphatic hydroxyl groups is 1. The van der Waals surface area contributed by atoms with E-state index in [0.29, 0.717) is 49.0 Å². The molecule has 2 N–H and O–H groups in total. The smallest absolute Gasteiger partial charge is 0.229 e. The molecule has 1 aliphatic carbocycles. The van der Waals surface area contributed by atoms with E-state index in [-0.39, 0.29) is 24.2 Å². The van der Waals surface area contributed by atoms with Crippen molar-refractivity contribution in [3.8, 4) is 0 Å². The van der Waals surface area contributed by atoms with Crippen molar-refractivity contribution < 1.29 is 19.0 Å². The van der Waals surface area contributed by atoms with E-state index in [2.05, 4.69) is 10.3 Å². The number of imidazole rings is 1. The van der Waals surface area contributed by atoms with Crippen molar-refractivity contribution in [1.29, 1.82) is 0 Å². The molecule has 4 rings (SSSR count). The number of morpholine rings is 1. The molecule has 2 fully saturated rings. The Morgan fingerprint density at radius 2 is 2.07 bits per heavy atom. The maximum atomic E-state index is 15.6. The van der Waals surface area contributed by atoms with Crippen molar-refractivity contribution in [3.05, 3.63) is 17.9 Å². The Hall–Kier alpha value is -2.19. The van der Waals surface area contributed by atoms with Gasteiger partial charge in [-0.1, -0.05) is 0 Å². The average molecular weight is 390 g/mol. The van der Waals surface area contributed by atoms with E-state index in [1.165, 1.54) is 0 Å². The first-order chi connectivity index (χ1) is 13.3. The molecule has 7 nitrogen and oxygen atoms in total. The minimum absolute atomic E-state index is 0.0532. The standard InChI is InChI=1S/C20H27FN4O3/c1-20(2,27)12-16(26)23-19-22-14-6-7-15(24-8-10-28-11-9-24)17(21)18(14)25(19)13-4-3-5-13/h6-7,13,27H,3-5,8-12H2,1-2H3,(H,22,23,26). The van der Waals surface area contributed by atoms with Crippen molar-refractivity contribution in [2.45, 2.75) is 51.2 Å². The van der Waals surface area contributed by atoms with Gasteiger partial charge in [-0.05, 0) is 45.2 Å². The molecule has 152 valence electrons. The number of fused-ring (bicyclic) bond motifs is 1. The average Bonchev–Trinajstić information content (AvgIpc) is 2.91. The number of aromatic nitrogens is 2. The van der Waals surface area contributed by atoms with Crippen LogP contribution in [0.2, 0.25) is 0 Å². The predicted molar refractivity (Wildman–Crippen MR) is 105 cm³/mol. The fourth-order valence-electron chi connectivity index (χ4n) is 3.84. The monoisotopic (exact) mass is 390 g/mol. The van der Waals surface area contributed by atoms with Gasteiger partial charge < -0.3 is 19.3 Å². The number of carbonyl (C=O) groups excluding carboxylic acids is 1. The number of nitrogens with one attached hydrogen (secondary N) is 1. The molecule has 1 amide bonds. The van der Waals surface area contributed by atoms with Crippen LogP contribution in [0.1, 0.15) is 45.6 Å². The SMILES string of the molecule is CC(C)(O)CC(=O)Nc1nc2ccc(N3CCOCC3)c(F)c2n1C1CCC1. The fraction of sp³-hybridized carbons (Fsp3) is 0.600. The van der Waals surface area contributed by atoms with Gasteiger partial charge >= 0.3 is 0 Å². The number of nitrogens with zero attached hydrogens (tertiary/aromatic N) is 3. The Labute approximate surface area is 163 Å². The summed E-state index contributed by atoms with van der Waals surface area (Å²) in [4.78, 5) is 18.8. The summed E-state index contributed by atoms with van der Waals surface area (Å²) in [7, 11) is 0. The number of amides is 1. The summed E-state index contributed by atoms with van der Waals surface area (Å²) in [5.41, 5.74) is 0.393. The lowest BCUT2D eigenvalue weighted by Crippen LogP contribution is -2.36. The van der Waals surface area contributed by atoms with Crippen LogP contribution >= 0.6 is 0 Å². The molecule has 2 aliphatic rings. The molecular weight excluding hydrogens is 363 g/mol. The molecule has 2 heterocycles. The highest BCUT2D eigenvalue weighted by molar-refractivity contribution is 5.93. The second-order valence-electron chi connectivity index (χ2n) is 8.29. The highest BCUT2D eigenvalue weighted by Gasteiger charge is 2.29. The number of hydrogen-bond acceptors (Lipinski definition) is 5. The van der Waals surface area contributed by atoms with Gasteiger partial charge in [0.2, 0.25) is 11.9 Å². The lowest BCUT2D eigenvalue weighted by molar-refractivity contribution is -0.119. The Kier molecular flexibility index (Phi) is 5.01. The number of rotatable bonds is 5. The van der Waals surface area contributed by atoms with Crippen molar-refractivity contribution in [2.24, 2.45) is 0 Å². The van der Waals surface area contributed by atoms with Crippen molar-refractivity contribution in [1.82, 2.24) is 9.55 Å². The summed E-state index contributed by atoms with van der Waals surface area (Å²) >= 11 is 0. The van der Waals surface area contributed by atoms with Gasteiger partial charge in [-0.3, -0.25) is 10.1 Å². The van der Waals surface area contributed by atoms with Crippen LogP contribution in [0.5, 0.6) is 0 Å². The van der Waals surface area contributed by atoms with Gasteiger partial charge in [-0.15, -0.1) is 0 Å². The number of ether oxygens (including phenoxy) is 1. The third-order valence-electron chi connectivity index (χ3n) is 5.41. The summed E-state index contributed by atoms with van der Waals surface area (Å²) in [6.07, 6.45) is 2.89. The molecule has 0 radical (unpaired) electrons. The first-order valence-electron chi connectivity index (χ1n) is 9.89. The van der Waals surface area contributed by atoms with Gasteiger partial charge in [0.1, 0.15) is 5.52 Å². The van der Waals surface area contributed by atoms with E-state index in [4.69, 9.17) is 4.74 Å². The van der Waals surface area contributed by atoms with Crippen LogP contribution in [0.4, 0.5) is 16.0 Å². The number of anilines is 2. The van der Waals surface area contributed by atoms with Gasteiger partial charge in [0.15, 0.2) is 5.82 Å². The van der Waals surface area contributed by atoms with E-state index >= 15 is 4.39 Å². The lowest BCUT2D eigenvalue weighted by atomic mass is 9.92.